The zero-order valence-corrected chi connectivity index (χ0v) is 12.2. The van der Waals surface area contributed by atoms with Crippen LogP contribution < -0.4 is 4.90 Å². The molecule has 0 fully saturated rings. The highest BCUT2D eigenvalue weighted by Gasteiger charge is 2.37. The maximum absolute atomic E-state index is 12.0. The van der Waals surface area contributed by atoms with E-state index in [-0.39, 0.29) is 0 Å². The predicted octanol–water partition coefficient (Wildman–Crippen LogP) is 3.20. The van der Waals surface area contributed by atoms with Gasteiger partial charge in [0.2, 0.25) is 0 Å². The molecule has 5 heteroatoms. The molecule has 104 valence electrons. The molecular weight excluding hydrogens is 276 g/mol. The molecule has 1 amide bonds. The average Bonchev–Trinajstić information content (AvgIpc) is 2.65. The lowest BCUT2D eigenvalue weighted by molar-refractivity contribution is -0.114. The van der Waals surface area contributed by atoms with Gasteiger partial charge in [-0.15, -0.1) is 0 Å². The average molecular weight is 291 g/mol. The number of hydrogen-bond donors (Lipinski definition) is 0. The van der Waals surface area contributed by atoms with Crippen molar-refractivity contribution in [1.82, 2.24) is 0 Å². The lowest BCUT2D eigenvalue weighted by Gasteiger charge is -2.19. The van der Waals surface area contributed by atoms with E-state index >= 15 is 0 Å². The van der Waals surface area contributed by atoms with Gasteiger partial charge < -0.3 is 4.90 Å². The van der Waals surface area contributed by atoms with Gasteiger partial charge in [-0.25, -0.2) is 0 Å². The number of fused-ring (bicyclic) bond motifs is 1. The van der Waals surface area contributed by atoms with Crippen LogP contribution in [0.15, 0.2) is 18.2 Å². The Hall–Kier alpha value is -1.86. The molecule has 0 spiro atoms. The van der Waals surface area contributed by atoms with Gasteiger partial charge in [0.1, 0.15) is 0 Å². The molecule has 1 aliphatic heterocycles. The number of nitrogens with zero attached hydrogens (tertiary/aromatic N) is 2. The summed E-state index contributed by atoms with van der Waals surface area (Å²) < 4.78 is 0. The Morgan fingerprint density at radius 2 is 2.05 bits per heavy atom. The molecule has 0 unspecified atom stereocenters. The molecule has 1 heterocycles. The van der Waals surface area contributed by atoms with Crippen molar-refractivity contribution in [2.75, 3.05) is 11.4 Å². The third kappa shape index (κ3) is 2.54. The Balaban J connectivity index is 2.16. The first kappa shape index (κ1) is 14.5. The van der Waals surface area contributed by atoms with E-state index in [1.54, 1.807) is 18.2 Å². The van der Waals surface area contributed by atoms with Gasteiger partial charge >= 0.3 is 0 Å². The number of amides is 1. The minimum Gasteiger partial charge on any atom is -0.305 e. The Morgan fingerprint density at radius 3 is 2.70 bits per heavy atom. The summed E-state index contributed by atoms with van der Waals surface area (Å²) in [4.78, 5) is 25.4. The maximum atomic E-state index is 12.0. The summed E-state index contributed by atoms with van der Waals surface area (Å²) in [6, 6.07) is 7.27. The number of nitriles is 1. The fourth-order valence-electron chi connectivity index (χ4n) is 2.26. The zero-order valence-electron chi connectivity index (χ0n) is 11.4. The van der Waals surface area contributed by atoms with E-state index in [9.17, 15) is 9.59 Å². The van der Waals surface area contributed by atoms with Crippen LogP contribution in [-0.4, -0.2) is 18.2 Å². The summed E-state index contributed by atoms with van der Waals surface area (Å²) in [5.74, 6) is -1.09. The number of anilines is 1. The first-order valence-corrected chi connectivity index (χ1v) is 6.81. The van der Waals surface area contributed by atoms with Crippen molar-refractivity contribution in [1.29, 1.82) is 5.26 Å². The summed E-state index contributed by atoms with van der Waals surface area (Å²) in [5.41, 5.74) is 0.435. The third-order valence-electron chi connectivity index (χ3n) is 3.44. The molecule has 0 N–H and O–H groups in total. The van der Waals surface area contributed by atoms with Gasteiger partial charge in [0.25, 0.3) is 11.7 Å². The SMILES string of the molecule is CC(C)(C#N)CCCN1C(=O)C(=O)c2c(Cl)cccc21. The minimum absolute atomic E-state index is 0.290. The van der Waals surface area contributed by atoms with E-state index in [1.807, 2.05) is 13.8 Å². The van der Waals surface area contributed by atoms with Crippen LogP contribution in [0.3, 0.4) is 0 Å². The van der Waals surface area contributed by atoms with Crippen molar-refractivity contribution in [3.8, 4) is 6.07 Å². The fourth-order valence-corrected chi connectivity index (χ4v) is 2.51. The molecule has 0 saturated carbocycles. The second-order valence-corrected chi connectivity index (χ2v) is 5.93. The quantitative estimate of drug-likeness (QED) is 0.800. The van der Waals surface area contributed by atoms with Crippen LogP contribution in [-0.2, 0) is 4.79 Å². The van der Waals surface area contributed by atoms with Gasteiger partial charge in [0.15, 0.2) is 0 Å². The molecule has 0 saturated heterocycles. The molecule has 1 aliphatic rings. The number of rotatable bonds is 4. The Morgan fingerprint density at radius 1 is 1.35 bits per heavy atom. The van der Waals surface area contributed by atoms with Crippen LogP contribution in [0, 0.1) is 16.7 Å². The highest BCUT2D eigenvalue weighted by atomic mass is 35.5. The predicted molar refractivity (Wildman–Crippen MR) is 76.8 cm³/mol. The van der Waals surface area contributed by atoms with Crippen LogP contribution >= 0.6 is 11.6 Å². The number of hydrogen-bond acceptors (Lipinski definition) is 3. The molecule has 0 radical (unpaired) electrons. The van der Waals surface area contributed by atoms with Crippen LogP contribution in [0.5, 0.6) is 0 Å². The topological polar surface area (TPSA) is 61.2 Å². The summed E-state index contributed by atoms with van der Waals surface area (Å²) in [6.07, 6.45) is 1.32. The second-order valence-electron chi connectivity index (χ2n) is 5.52. The number of Topliss-reactive ketones (excluding diaryl/α,β-unsaturated/α-hetero) is 1. The van der Waals surface area contributed by atoms with Crippen molar-refractivity contribution in [2.24, 2.45) is 5.41 Å². The second kappa shape index (κ2) is 5.26. The Labute approximate surface area is 122 Å². The molecular formula is C15H15ClN2O2. The molecule has 1 aromatic carbocycles. The number of carbonyl (C=O) groups is 2. The highest BCUT2D eigenvalue weighted by Crippen LogP contribution is 2.34. The summed E-state index contributed by atoms with van der Waals surface area (Å²) in [5, 5.41) is 9.28. The van der Waals surface area contributed by atoms with Gasteiger partial charge in [-0.1, -0.05) is 17.7 Å². The number of ketones is 1. The lowest BCUT2D eigenvalue weighted by atomic mass is 9.90. The van der Waals surface area contributed by atoms with E-state index in [0.29, 0.717) is 35.7 Å². The summed E-state index contributed by atoms with van der Waals surface area (Å²) >= 11 is 5.98. The first-order valence-electron chi connectivity index (χ1n) is 6.43. The van der Waals surface area contributed by atoms with E-state index < -0.39 is 17.1 Å². The highest BCUT2D eigenvalue weighted by molar-refractivity contribution is 6.55. The monoisotopic (exact) mass is 290 g/mol. The van der Waals surface area contributed by atoms with Crippen LogP contribution in [0.1, 0.15) is 37.0 Å². The fraction of sp³-hybridized carbons (Fsp3) is 0.400. The summed E-state index contributed by atoms with van der Waals surface area (Å²) in [7, 11) is 0. The van der Waals surface area contributed by atoms with Crippen LogP contribution in [0.2, 0.25) is 5.02 Å². The normalized spacial score (nSPS) is 14.4. The molecule has 0 aromatic heterocycles. The van der Waals surface area contributed by atoms with E-state index in [1.165, 1.54) is 4.90 Å². The maximum Gasteiger partial charge on any atom is 0.299 e. The molecule has 0 aliphatic carbocycles. The van der Waals surface area contributed by atoms with Gasteiger partial charge in [0.05, 0.1) is 27.8 Å². The number of carbonyl (C=O) groups excluding carboxylic acids is 2. The minimum atomic E-state index is -0.551. The molecule has 4 nitrogen and oxygen atoms in total. The first-order chi connectivity index (χ1) is 9.37. The molecule has 1 aromatic rings. The van der Waals surface area contributed by atoms with Crippen molar-refractivity contribution >= 4 is 29.0 Å². The third-order valence-corrected chi connectivity index (χ3v) is 3.75. The van der Waals surface area contributed by atoms with Crippen molar-refractivity contribution in [3.63, 3.8) is 0 Å². The molecule has 0 atom stereocenters. The van der Waals surface area contributed by atoms with Crippen molar-refractivity contribution < 1.29 is 9.59 Å². The zero-order chi connectivity index (χ0) is 14.9. The Bertz CT molecular complexity index is 617. The van der Waals surface area contributed by atoms with Crippen LogP contribution in [0.25, 0.3) is 0 Å². The van der Waals surface area contributed by atoms with Crippen molar-refractivity contribution in [3.05, 3.63) is 28.8 Å². The number of halogens is 1. The molecule has 20 heavy (non-hydrogen) atoms. The Kier molecular flexibility index (Phi) is 3.82. The molecule has 2 rings (SSSR count). The summed E-state index contributed by atoms with van der Waals surface area (Å²) in [6.45, 7) is 4.13. The van der Waals surface area contributed by atoms with Gasteiger partial charge in [-0.3, -0.25) is 9.59 Å². The number of benzene rings is 1. The van der Waals surface area contributed by atoms with Crippen LogP contribution in [0.4, 0.5) is 5.69 Å². The van der Waals surface area contributed by atoms with E-state index in [0.717, 1.165) is 0 Å². The molecule has 0 bridgehead atoms. The largest absolute Gasteiger partial charge is 0.305 e. The standard InChI is InChI=1S/C15H15ClN2O2/c1-15(2,9-17)7-4-8-18-11-6-3-5-10(16)12(11)13(19)14(18)20/h3,5-6H,4,7-8H2,1-2H3. The van der Waals surface area contributed by atoms with Gasteiger partial charge in [-0.2, -0.15) is 5.26 Å². The van der Waals surface area contributed by atoms with E-state index in [2.05, 4.69) is 6.07 Å². The smallest absolute Gasteiger partial charge is 0.299 e. The van der Waals surface area contributed by atoms with Gasteiger partial charge in [-0.05, 0) is 38.8 Å². The van der Waals surface area contributed by atoms with E-state index in [4.69, 9.17) is 16.9 Å². The van der Waals surface area contributed by atoms with Gasteiger partial charge in [0, 0.05) is 6.54 Å². The van der Waals surface area contributed by atoms with Crippen molar-refractivity contribution in [2.45, 2.75) is 26.7 Å². The lowest BCUT2D eigenvalue weighted by Crippen LogP contribution is -2.31.